The van der Waals surface area contributed by atoms with Crippen LogP contribution in [-0.4, -0.2) is 83.2 Å². The summed E-state index contributed by atoms with van der Waals surface area (Å²) in [6, 6.07) is 13.2. The molecular formula is C40H41F4N9O3. The number of likely N-dealkylation sites (tertiary alicyclic amines) is 2. The van der Waals surface area contributed by atoms with Crippen LogP contribution in [0.15, 0.2) is 67.5 Å². The van der Waals surface area contributed by atoms with Crippen LogP contribution in [0.25, 0.3) is 22.3 Å². The molecule has 4 aromatic heterocycles. The number of nitriles is 1. The van der Waals surface area contributed by atoms with Gasteiger partial charge in [0, 0.05) is 61.8 Å². The van der Waals surface area contributed by atoms with Crippen LogP contribution < -0.4 is 0 Å². The number of nitrogens with zero attached hydrogens (tertiary/aromatic N) is 9. The second-order valence-corrected chi connectivity index (χ2v) is 15.1. The number of rotatable bonds is 11. The number of esters is 1. The van der Waals surface area contributed by atoms with Crippen LogP contribution in [0.1, 0.15) is 73.1 Å². The molecule has 0 aliphatic carbocycles. The topological polar surface area (TPSA) is 135 Å². The number of ether oxygens (including phenoxy) is 1. The Kier molecular flexibility index (Phi) is 10.6. The van der Waals surface area contributed by atoms with Crippen LogP contribution in [0.5, 0.6) is 0 Å². The van der Waals surface area contributed by atoms with Crippen molar-refractivity contribution in [3.63, 3.8) is 0 Å². The molecule has 12 nitrogen and oxygen atoms in total. The third kappa shape index (κ3) is 7.60. The summed E-state index contributed by atoms with van der Waals surface area (Å²) in [4.78, 5) is 41.7. The van der Waals surface area contributed by atoms with E-state index >= 15 is 0 Å². The van der Waals surface area contributed by atoms with Gasteiger partial charge in [-0.25, -0.2) is 19.3 Å². The zero-order valence-corrected chi connectivity index (χ0v) is 31.2. The predicted molar refractivity (Wildman–Crippen MR) is 196 cm³/mol. The zero-order valence-electron chi connectivity index (χ0n) is 31.2. The number of piperidine rings is 1. The lowest BCUT2D eigenvalue weighted by Gasteiger charge is -2.53. The smallest absolute Gasteiger partial charge is 0.436 e. The molecule has 1 aromatic carbocycles. The highest BCUT2D eigenvalue weighted by Crippen LogP contribution is 2.38. The standard InChI is InChI=1S/C40H41F4N9O3/c1-25(2)18-27-4-6-28(7-5-27)26(3)38(55)56-24-51-17-11-32-34(47-23-48-36(32)51)29-19-49-53(20-29)39(12-13-45)21-52(22-39)30-9-15-50(16-10-30)37(54)31-8-14-46-35(33(31)41)40(42,43)44/h4-8,11,14,17,19-20,23,25-26,30H,9-10,12,15-16,18,21-22,24H2,1-3H3. The second-order valence-electron chi connectivity index (χ2n) is 15.1. The van der Waals surface area contributed by atoms with Crippen molar-refractivity contribution in [1.29, 1.82) is 5.26 Å². The fourth-order valence-corrected chi connectivity index (χ4v) is 7.71. The van der Waals surface area contributed by atoms with Crippen LogP contribution in [-0.2, 0) is 34.4 Å². The van der Waals surface area contributed by atoms with Gasteiger partial charge >= 0.3 is 12.1 Å². The zero-order chi connectivity index (χ0) is 39.8. The lowest BCUT2D eigenvalue weighted by Crippen LogP contribution is -2.66. The normalized spacial score (nSPS) is 16.8. The SMILES string of the molecule is CC(C)Cc1ccc(C(C)C(=O)OCn2ccc3c(-c4cnn(C5(CC#N)CN(C6CCN(C(=O)c7ccnc(C(F)(F)F)c7F)CC6)C5)c4)ncnc32)cc1. The van der Waals surface area contributed by atoms with Crippen LogP contribution >= 0.6 is 0 Å². The van der Waals surface area contributed by atoms with Crippen molar-refractivity contribution in [3.05, 3.63) is 95.7 Å². The molecule has 0 spiro atoms. The molecule has 7 rings (SSSR count). The minimum atomic E-state index is -5.01. The molecule has 0 bridgehead atoms. The lowest BCUT2D eigenvalue weighted by molar-refractivity contribution is -0.148. The summed E-state index contributed by atoms with van der Waals surface area (Å²) in [6.45, 7) is 7.67. The number of hydrogen-bond donors (Lipinski definition) is 0. The summed E-state index contributed by atoms with van der Waals surface area (Å²) < 4.78 is 63.4. The van der Waals surface area contributed by atoms with Crippen LogP contribution in [0.3, 0.4) is 0 Å². The lowest BCUT2D eigenvalue weighted by atomic mass is 9.83. The number of hydrogen-bond acceptors (Lipinski definition) is 9. The summed E-state index contributed by atoms with van der Waals surface area (Å²) in [5.74, 6) is -2.72. The number of benzene rings is 1. The van der Waals surface area contributed by atoms with Gasteiger partial charge in [-0.1, -0.05) is 38.1 Å². The van der Waals surface area contributed by atoms with E-state index in [2.05, 4.69) is 57.0 Å². The Labute approximate surface area is 320 Å². The number of alkyl halides is 3. The number of aromatic nitrogens is 6. The number of fused-ring (bicyclic) bond motifs is 1. The van der Waals surface area contributed by atoms with Crippen LogP contribution in [0.4, 0.5) is 17.6 Å². The van der Waals surface area contributed by atoms with Crippen molar-refractivity contribution < 1.29 is 31.9 Å². The average molecular weight is 772 g/mol. The van der Waals surface area contributed by atoms with Crippen molar-refractivity contribution in [2.24, 2.45) is 5.92 Å². The maximum atomic E-state index is 14.6. The van der Waals surface area contributed by atoms with E-state index < -0.39 is 40.6 Å². The van der Waals surface area contributed by atoms with Gasteiger partial charge in [0.15, 0.2) is 18.2 Å². The molecule has 2 aliphatic heterocycles. The van der Waals surface area contributed by atoms with E-state index in [0.717, 1.165) is 35.2 Å². The quantitative estimate of drug-likeness (QED) is 0.108. The summed E-state index contributed by atoms with van der Waals surface area (Å²) in [5, 5.41) is 15.2. The highest BCUT2D eigenvalue weighted by molar-refractivity contribution is 5.94. The van der Waals surface area contributed by atoms with Crippen molar-refractivity contribution >= 4 is 22.9 Å². The molecule has 2 aliphatic rings. The third-order valence-corrected chi connectivity index (χ3v) is 10.8. The molecule has 1 unspecified atom stereocenters. The second kappa shape index (κ2) is 15.4. The number of halogens is 4. The van der Waals surface area contributed by atoms with Gasteiger partial charge in [0.2, 0.25) is 0 Å². The molecule has 2 fully saturated rings. The third-order valence-electron chi connectivity index (χ3n) is 10.8. The van der Waals surface area contributed by atoms with E-state index in [4.69, 9.17) is 4.74 Å². The molecule has 6 heterocycles. The molecule has 1 atom stereocenters. The van der Waals surface area contributed by atoms with E-state index in [1.807, 2.05) is 31.3 Å². The highest BCUT2D eigenvalue weighted by atomic mass is 19.4. The summed E-state index contributed by atoms with van der Waals surface area (Å²) in [5.41, 5.74) is 1.09. The van der Waals surface area contributed by atoms with Crippen molar-refractivity contribution in [2.75, 3.05) is 26.2 Å². The molecule has 5 aromatic rings. The van der Waals surface area contributed by atoms with E-state index in [-0.39, 0.29) is 38.3 Å². The van der Waals surface area contributed by atoms with Gasteiger partial charge in [-0.15, -0.1) is 0 Å². The monoisotopic (exact) mass is 771 g/mol. The van der Waals surface area contributed by atoms with Crippen molar-refractivity contribution in [1.82, 2.24) is 39.1 Å². The van der Waals surface area contributed by atoms with E-state index in [0.29, 0.717) is 43.2 Å². The Morgan fingerprint density at radius 3 is 2.45 bits per heavy atom. The molecule has 0 radical (unpaired) electrons. The van der Waals surface area contributed by atoms with E-state index in [9.17, 15) is 32.4 Å². The Morgan fingerprint density at radius 1 is 1.04 bits per heavy atom. The molecule has 1 amide bonds. The maximum absolute atomic E-state index is 14.6. The van der Waals surface area contributed by atoms with Crippen LogP contribution in [0.2, 0.25) is 0 Å². The predicted octanol–water partition coefficient (Wildman–Crippen LogP) is 6.58. The van der Waals surface area contributed by atoms with Gasteiger partial charge in [-0.2, -0.15) is 23.5 Å². The van der Waals surface area contributed by atoms with Crippen molar-refractivity contribution in [3.8, 4) is 17.3 Å². The molecule has 16 heteroatoms. The Balaban J connectivity index is 0.978. The summed E-state index contributed by atoms with van der Waals surface area (Å²) >= 11 is 0. The molecular weight excluding hydrogens is 730 g/mol. The first-order valence-electron chi connectivity index (χ1n) is 18.5. The molecule has 0 saturated carbocycles. The number of amides is 1. The first kappa shape index (κ1) is 38.6. The van der Waals surface area contributed by atoms with Gasteiger partial charge in [0.05, 0.1) is 35.9 Å². The number of pyridine rings is 1. The van der Waals surface area contributed by atoms with E-state index in [1.54, 1.807) is 21.6 Å². The average Bonchev–Trinajstić information content (AvgIpc) is 3.83. The maximum Gasteiger partial charge on any atom is 0.436 e. The fraction of sp³-hybridized carbons (Fsp3) is 0.425. The van der Waals surface area contributed by atoms with Gasteiger partial charge in [0.1, 0.15) is 17.5 Å². The Hall–Kier alpha value is -5.69. The van der Waals surface area contributed by atoms with Gasteiger partial charge in [0.25, 0.3) is 5.91 Å². The Bertz CT molecular complexity index is 2260. The first-order valence-corrected chi connectivity index (χ1v) is 18.5. The highest BCUT2D eigenvalue weighted by Gasteiger charge is 2.48. The molecule has 0 N–H and O–H groups in total. The van der Waals surface area contributed by atoms with Crippen LogP contribution in [0, 0.1) is 23.1 Å². The van der Waals surface area contributed by atoms with Gasteiger partial charge < -0.3 is 9.64 Å². The minimum absolute atomic E-state index is 0.0262. The number of carbonyl (C=O) groups is 2. The minimum Gasteiger partial charge on any atom is -0.443 e. The van der Waals surface area contributed by atoms with Crippen molar-refractivity contribution in [2.45, 2.75) is 76.9 Å². The summed E-state index contributed by atoms with van der Waals surface area (Å²) in [6.07, 6.45) is 4.82. The van der Waals surface area contributed by atoms with E-state index in [1.165, 1.54) is 16.8 Å². The van der Waals surface area contributed by atoms with Gasteiger partial charge in [-0.05, 0) is 55.4 Å². The Morgan fingerprint density at radius 2 is 1.77 bits per heavy atom. The first-order chi connectivity index (χ1) is 26.8. The largest absolute Gasteiger partial charge is 0.443 e. The number of carbonyl (C=O) groups excluding carboxylic acids is 2. The fourth-order valence-electron chi connectivity index (χ4n) is 7.71. The molecule has 2 saturated heterocycles. The molecule has 56 heavy (non-hydrogen) atoms. The summed E-state index contributed by atoms with van der Waals surface area (Å²) in [7, 11) is 0. The molecule has 292 valence electrons. The van der Waals surface area contributed by atoms with Gasteiger partial charge in [-0.3, -0.25) is 23.7 Å².